The number of carbonyl (C=O) groups excluding carboxylic acids is 8. The van der Waals surface area contributed by atoms with Crippen LogP contribution in [0.25, 0.3) is 0 Å². The molecule has 87 heavy (non-hydrogen) atoms. The minimum absolute atomic E-state index is 0.00399. The van der Waals surface area contributed by atoms with Crippen molar-refractivity contribution < 1.29 is 80.4 Å². The molecule has 0 spiro atoms. The molecule has 2 fully saturated rings. The molecule has 0 bridgehead atoms. The molecule has 486 valence electrons. The summed E-state index contributed by atoms with van der Waals surface area (Å²) in [6.07, 6.45) is -0.00122. The highest BCUT2D eigenvalue weighted by molar-refractivity contribution is 7.90. The number of benzene rings is 2. The minimum atomic E-state index is -3.91. The number of ketones is 2. The molecule has 10 atom stereocenters. The second-order valence-electron chi connectivity index (χ2n) is 23.9. The van der Waals surface area contributed by atoms with Crippen LogP contribution in [-0.4, -0.2) is 184 Å². The molecule has 0 radical (unpaired) electrons. The van der Waals surface area contributed by atoms with Gasteiger partial charge >= 0.3 is 12.1 Å². The monoisotopic (exact) mass is 1240 g/mol. The van der Waals surface area contributed by atoms with Gasteiger partial charge in [0.15, 0.2) is 5.78 Å². The van der Waals surface area contributed by atoms with Gasteiger partial charge in [-0.15, -0.1) is 0 Å². The van der Waals surface area contributed by atoms with Gasteiger partial charge in [0, 0.05) is 78.1 Å². The maximum Gasteiger partial charge on any atom is 0.410 e. The maximum atomic E-state index is 14.8. The van der Waals surface area contributed by atoms with E-state index in [9.17, 15) is 51.6 Å². The predicted octanol–water partition coefficient (Wildman–Crippen LogP) is 6.20. The Bertz CT molecular complexity index is 2710. The first-order chi connectivity index (χ1) is 41.1. The van der Waals surface area contributed by atoms with Gasteiger partial charge in [-0.05, 0) is 66.7 Å². The van der Waals surface area contributed by atoms with Gasteiger partial charge in [-0.2, -0.15) is 0 Å². The van der Waals surface area contributed by atoms with E-state index in [-0.39, 0.29) is 119 Å². The second-order valence-corrected chi connectivity index (χ2v) is 25.8. The highest BCUT2D eigenvalue weighted by Crippen LogP contribution is 2.32. The lowest BCUT2D eigenvalue weighted by Gasteiger charge is -2.41. The lowest BCUT2D eigenvalue weighted by Crippen LogP contribution is -2.55. The maximum absolute atomic E-state index is 14.8. The number of carbonyl (C=O) groups is 9. The SMILES string of the molecule is CC[C@H](C)[C@@H]([C@@H](CC(=O)N1CCC[C@H]1[C@H](OC)[C@@H](C)C(=O)N[C@@H](Cc1ccccc1)C(=O)NS(=O)(=O)C1CC1)OC)N(C)C(=O)[C@@H](CC(=O)[C@H](C(C)C)N(C)C(=O)OCc1ccc(NC(=O)[C@H](C)CC(=O)CCOCCOCCC(=O)O)cc1)C(C)C. The van der Waals surface area contributed by atoms with Crippen LogP contribution in [0.4, 0.5) is 10.5 Å². The number of anilines is 1. The van der Waals surface area contributed by atoms with Crippen LogP contribution in [-0.2, 0) is 85.1 Å². The number of hydrogen-bond acceptors (Lipinski definition) is 16. The summed E-state index contributed by atoms with van der Waals surface area (Å²) in [4.78, 5) is 126. The van der Waals surface area contributed by atoms with Gasteiger partial charge in [-0.1, -0.05) is 104 Å². The third kappa shape index (κ3) is 22.6. The Balaban J connectivity index is 1.36. The zero-order valence-corrected chi connectivity index (χ0v) is 53.8. The Labute approximate surface area is 514 Å². The first-order valence-corrected chi connectivity index (χ1v) is 31.9. The number of methoxy groups -OCH3 is 2. The van der Waals surface area contributed by atoms with Crippen molar-refractivity contribution in [2.45, 2.75) is 174 Å². The third-order valence-electron chi connectivity index (χ3n) is 16.5. The molecule has 4 rings (SSSR count). The topological polar surface area (TPSA) is 300 Å². The molecule has 0 unspecified atom stereocenters. The van der Waals surface area contributed by atoms with Crippen LogP contribution in [0.3, 0.4) is 0 Å². The Kier molecular flexibility index (Phi) is 29.9. The van der Waals surface area contributed by atoms with Crippen molar-refractivity contribution in [1.82, 2.24) is 24.7 Å². The van der Waals surface area contributed by atoms with E-state index >= 15 is 0 Å². The molecule has 1 saturated carbocycles. The summed E-state index contributed by atoms with van der Waals surface area (Å²) in [5.41, 5.74) is 1.78. The van der Waals surface area contributed by atoms with Crippen LogP contribution >= 0.6 is 0 Å². The van der Waals surface area contributed by atoms with E-state index in [0.717, 1.165) is 0 Å². The molecule has 1 saturated heterocycles. The van der Waals surface area contributed by atoms with Crippen molar-refractivity contribution in [1.29, 1.82) is 0 Å². The van der Waals surface area contributed by atoms with E-state index in [0.29, 0.717) is 55.5 Å². The molecule has 4 N–H and O–H groups in total. The van der Waals surface area contributed by atoms with Crippen molar-refractivity contribution in [3.8, 4) is 0 Å². The molecular weight excluding hydrogens is 1140 g/mol. The van der Waals surface area contributed by atoms with Crippen molar-refractivity contribution in [3.63, 3.8) is 0 Å². The van der Waals surface area contributed by atoms with Gasteiger partial charge in [-0.25, -0.2) is 13.2 Å². The van der Waals surface area contributed by atoms with E-state index < -0.39 is 93.3 Å². The summed E-state index contributed by atoms with van der Waals surface area (Å²) in [5.74, 6) is -7.00. The minimum Gasteiger partial charge on any atom is -0.481 e. The predicted molar refractivity (Wildman–Crippen MR) is 325 cm³/mol. The number of hydrogen-bond donors (Lipinski definition) is 4. The Morgan fingerprint density at radius 3 is 1.92 bits per heavy atom. The standard InChI is InChI=1S/C63H96N6O17S/c1-13-41(6)57(53(82-11)37-54(72)69-29-17-20-51(69)58(83-12)43(8)60(76)65-50(35-44-18-15-14-16-19-44)61(77)66-87(80,81)48-25-26-48)67(9)62(78)49(39(2)3)36-52(71)56(40(4)5)68(10)63(79)86-38-45-21-23-46(24-22-45)64-59(75)42(7)34-47(70)27-30-84-32-33-85-31-28-55(73)74/h14-16,18-19,21-24,39-43,48-51,53,56-58H,13,17,20,25-38H2,1-12H3,(H,64,75)(H,65,76)(H,66,77)(H,73,74)/t41-,42+,43+,49-,50-,51-,53+,56-,57-,58+/m0/s1. The van der Waals surface area contributed by atoms with Gasteiger partial charge in [0.25, 0.3) is 5.91 Å². The smallest absolute Gasteiger partial charge is 0.410 e. The third-order valence-corrected chi connectivity index (χ3v) is 18.3. The van der Waals surface area contributed by atoms with Gasteiger partial charge < -0.3 is 54.1 Å². The summed E-state index contributed by atoms with van der Waals surface area (Å²) in [6.45, 7) is 15.4. The van der Waals surface area contributed by atoms with Crippen LogP contribution in [0.5, 0.6) is 0 Å². The number of likely N-dealkylation sites (N-methyl/N-ethyl adjacent to an activating group) is 2. The van der Waals surface area contributed by atoms with Gasteiger partial charge in [0.2, 0.25) is 33.7 Å². The summed E-state index contributed by atoms with van der Waals surface area (Å²) >= 11 is 0. The number of amides is 6. The molecule has 1 aliphatic carbocycles. The van der Waals surface area contributed by atoms with Crippen molar-refractivity contribution in [3.05, 3.63) is 65.7 Å². The number of aliphatic carboxylic acids is 1. The second kappa shape index (κ2) is 35.6. The molecule has 6 amide bonds. The van der Waals surface area contributed by atoms with E-state index in [1.807, 2.05) is 27.7 Å². The molecular formula is C63H96N6O17S. The Morgan fingerprint density at radius 1 is 0.724 bits per heavy atom. The van der Waals surface area contributed by atoms with E-state index in [1.54, 1.807) is 99.1 Å². The van der Waals surface area contributed by atoms with Crippen LogP contribution < -0.4 is 15.4 Å². The fourth-order valence-corrected chi connectivity index (χ4v) is 12.4. The number of ether oxygens (including phenoxy) is 5. The van der Waals surface area contributed by atoms with E-state index in [1.165, 1.54) is 26.2 Å². The van der Waals surface area contributed by atoms with Gasteiger partial charge in [-0.3, -0.25) is 43.1 Å². The molecule has 2 aliphatic rings. The largest absolute Gasteiger partial charge is 0.481 e. The highest BCUT2D eigenvalue weighted by atomic mass is 32.2. The summed E-state index contributed by atoms with van der Waals surface area (Å²) in [6, 6.07) is 12.2. The number of carboxylic acids is 1. The number of sulfonamides is 1. The summed E-state index contributed by atoms with van der Waals surface area (Å²) in [5, 5.41) is 13.6. The first kappa shape index (κ1) is 73.1. The zero-order valence-electron chi connectivity index (χ0n) is 53.0. The van der Waals surface area contributed by atoms with Gasteiger partial charge in [0.05, 0.1) is 80.8 Å². The highest BCUT2D eigenvalue weighted by Gasteiger charge is 2.45. The molecule has 1 heterocycles. The van der Waals surface area contributed by atoms with Crippen molar-refractivity contribution >= 4 is 68.9 Å². The summed E-state index contributed by atoms with van der Waals surface area (Å²) in [7, 11) is 2.17. The molecule has 2 aromatic rings. The van der Waals surface area contributed by atoms with Crippen molar-refractivity contribution in [2.75, 3.05) is 66.6 Å². The number of Topliss-reactive ketones (excluding diaryl/α,β-unsaturated/α-hetero) is 2. The molecule has 24 heteroatoms. The normalized spacial score (nSPS) is 17.4. The molecule has 2 aromatic carbocycles. The van der Waals surface area contributed by atoms with E-state index in [2.05, 4.69) is 15.4 Å². The van der Waals surface area contributed by atoms with Crippen LogP contribution in [0.15, 0.2) is 54.6 Å². The number of nitrogens with zero attached hydrogens (tertiary/aromatic N) is 3. The number of carboxylic acid groups (broad SMARTS) is 1. The molecule has 1 aliphatic heterocycles. The number of likely N-dealkylation sites (tertiary alicyclic amines) is 1. The lowest BCUT2D eigenvalue weighted by molar-refractivity contribution is -0.149. The van der Waals surface area contributed by atoms with Crippen LogP contribution in [0.1, 0.15) is 131 Å². The fourth-order valence-electron chi connectivity index (χ4n) is 11.1. The first-order valence-electron chi connectivity index (χ1n) is 30.4. The number of nitrogens with one attached hydrogen (secondary N) is 3. The Hall–Kier alpha value is -6.34. The molecule has 23 nitrogen and oxygen atoms in total. The van der Waals surface area contributed by atoms with Crippen molar-refractivity contribution in [2.24, 2.45) is 35.5 Å². The quantitative estimate of drug-likeness (QED) is 0.0542. The van der Waals surface area contributed by atoms with Gasteiger partial charge in [0.1, 0.15) is 18.4 Å². The summed E-state index contributed by atoms with van der Waals surface area (Å²) < 4.78 is 56.0. The van der Waals surface area contributed by atoms with Crippen LogP contribution in [0.2, 0.25) is 0 Å². The van der Waals surface area contributed by atoms with Crippen LogP contribution in [0, 0.1) is 35.5 Å². The van der Waals surface area contributed by atoms with E-state index in [4.69, 9.17) is 28.8 Å². The zero-order chi connectivity index (χ0) is 64.7. The molecule has 0 aromatic heterocycles. The average Bonchev–Trinajstić information content (AvgIpc) is 2.55. The average molecular weight is 1240 g/mol. The Morgan fingerprint density at radius 2 is 1.36 bits per heavy atom. The fraction of sp³-hybridized carbons (Fsp3) is 0.667. The lowest BCUT2D eigenvalue weighted by atomic mass is 9.83. The number of rotatable bonds is 39.